The Morgan fingerprint density at radius 1 is 1.12 bits per heavy atom. The largest absolute Gasteiger partial charge is 0.384 e. The molecule has 0 bridgehead atoms. The molecule has 1 nitrogen and oxygen atoms in total. The molecular weight excluding hydrogens is 323 g/mol. The second-order valence-corrected chi connectivity index (χ2v) is 5.18. The first-order valence-electron chi connectivity index (χ1n) is 5.73. The number of hydrogen-bond acceptors (Lipinski definition) is 1. The first-order valence-corrected chi connectivity index (χ1v) is 6.81. The number of rotatable bonds is 3. The first-order chi connectivity index (χ1) is 8.22. The zero-order valence-electron chi connectivity index (χ0n) is 9.73. The van der Waals surface area contributed by atoms with Gasteiger partial charge in [0.2, 0.25) is 0 Å². The van der Waals surface area contributed by atoms with Gasteiger partial charge in [-0.2, -0.15) is 0 Å². The molecule has 0 aliphatic carbocycles. The zero-order valence-corrected chi connectivity index (χ0v) is 11.9. The van der Waals surface area contributed by atoms with Crippen molar-refractivity contribution in [3.8, 4) is 0 Å². The van der Waals surface area contributed by atoms with Crippen molar-refractivity contribution in [3.63, 3.8) is 0 Å². The first kappa shape index (κ1) is 12.6. The molecule has 1 unspecified atom stereocenters. The molecule has 0 aliphatic heterocycles. The molecule has 0 fully saturated rings. The van der Waals surface area contributed by atoms with E-state index in [2.05, 4.69) is 41.6 Å². The Bertz CT molecular complexity index is 508. The highest BCUT2D eigenvalue weighted by atomic mass is 127. The molecule has 0 heterocycles. The molecule has 1 N–H and O–H groups in total. The summed E-state index contributed by atoms with van der Waals surface area (Å²) in [5.41, 5.74) is 3.20. The van der Waals surface area contributed by atoms with Crippen molar-refractivity contribution >= 4 is 22.6 Å². The lowest BCUT2D eigenvalue weighted by atomic mass is 9.99. The Balaban J connectivity index is 2.37. The molecule has 0 saturated heterocycles. The molecule has 17 heavy (non-hydrogen) atoms. The van der Waals surface area contributed by atoms with Gasteiger partial charge in [-0.05, 0) is 51.8 Å². The van der Waals surface area contributed by atoms with Crippen molar-refractivity contribution in [3.05, 3.63) is 68.8 Å². The van der Waals surface area contributed by atoms with Crippen molar-refractivity contribution in [1.82, 2.24) is 0 Å². The summed E-state index contributed by atoms with van der Waals surface area (Å²) in [4.78, 5) is 0. The Hall–Kier alpha value is -0.870. The van der Waals surface area contributed by atoms with E-state index in [0.29, 0.717) is 0 Å². The van der Waals surface area contributed by atoms with Crippen LogP contribution < -0.4 is 0 Å². The molecular formula is C15H15IO. The molecule has 0 saturated carbocycles. The average Bonchev–Trinajstić information content (AvgIpc) is 2.38. The minimum atomic E-state index is -0.533. The second kappa shape index (κ2) is 5.65. The average molecular weight is 338 g/mol. The number of halogens is 1. The van der Waals surface area contributed by atoms with E-state index < -0.39 is 6.10 Å². The quantitative estimate of drug-likeness (QED) is 0.841. The summed E-state index contributed by atoms with van der Waals surface area (Å²) >= 11 is 2.26. The Labute approximate surface area is 116 Å². The molecule has 88 valence electrons. The van der Waals surface area contributed by atoms with Gasteiger partial charge in [0.25, 0.3) is 0 Å². The highest BCUT2D eigenvalue weighted by molar-refractivity contribution is 14.1. The van der Waals surface area contributed by atoms with Gasteiger partial charge in [0.05, 0.1) is 0 Å². The normalized spacial score (nSPS) is 12.4. The van der Waals surface area contributed by atoms with E-state index in [4.69, 9.17) is 0 Å². The summed E-state index contributed by atoms with van der Waals surface area (Å²) in [6.45, 7) is 2.12. The van der Waals surface area contributed by atoms with Gasteiger partial charge in [-0.15, -0.1) is 0 Å². The molecule has 2 rings (SSSR count). The summed E-state index contributed by atoms with van der Waals surface area (Å²) in [6.07, 6.45) is 0.460. The van der Waals surface area contributed by atoms with Gasteiger partial charge < -0.3 is 5.11 Å². The van der Waals surface area contributed by atoms with Crippen LogP contribution in [0.5, 0.6) is 0 Å². The summed E-state index contributed by atoms with van der Waals surface area (Å²) in [5, 5.41) is 10.4. The number of hydrogen-bond donors (Lipinski definition) is 1. The summed E-state index contributed by atoms with van der Waals surface area (Å²) < 4.78 is 1.10. The SMILES string of the molecule is CCc1cccc(C(O)c2ccccc2I)c1. The molecule has 0 aliphatic rings. The number of aryl methyl sites for hydroxylation is 1. The lowest BCUT2D eigenvalue weighted by molar-refractivity contribution is 0.219. The van der Waals surface area contributed by atoms with Crippen molar-refractivity contribution in [2.75, 3.05) is 0 Å². The number of benzene rings is 2. The third-order valence-electron chi connectivity index (χ3n) is 2.87. The van der Waals surface area contributed by atoms with Crippen LogP contribution in [-0.4, -0.2) is 5.11 Å². The molecule has 0 spiro atoms. The van der Waals surface area contributed by atoms with Crippen LogP contribution in [0.15, 0.2) is 48.5 Å². The van der Waals surface area contributed by atoms with Crippen LogP contribution in [0.25, 0.3) is 0 Å². The van der Waals surface area contributed by atoms with Crippen LogP contribution in [0.2, 0.25) is 0 Å². The standard InChI is InChI=1S/C15H15IO/c1-2-11-6-5-7-12(10-11)15(17)13-8-3-4-9-14(13)16/h3-10,15,17H,2H2,1H3. The van der Waals surface area contributed by atoms with Crippen LogP contribution in [0.1, 0.15) is 29.7 Å². The van der Waals surface area contributed by atoms with Gasteiger partial charge in [-0.3, -0.25) is 0 Å². The van der Waals surface area contributed by atoms with Crippen molar-refractivity contribution in [2.24, 2.45) is 0 Å². The highest BCUT2D eigenvalue weighted by Gasteiger charge is 2.12. The van der Waals surface area contributed by atoms with Crippen LogP contribution >= 0.6 is 22.6 Å². The fourth-order valence-electron chi connectivity index (χ4n) is 1.86. The minimum Gasteiger partial charge on any atom is -0.384 e. The van der Waals surface area contributed by atoms with Gasteiger partial charge in [-0.25, -0.2) is 0 Å². The second-order valence-electron chi connectivity index (χ2n) is 4.02. The summed E-state index contributed by atoms with van der Waals surface area (Å²) in [5.74, 6) is 0. The van der Waals surface area contributed by atoms with E-state index in [-0.39, 0.29) is 0 Å². The van der Waals surface area contributed by atoms with Crippen LogP contribution in [-0.2, 0) is 6.42 Å². The molecule has 0 aromatic heterocycles. The topological polar surface area (TPSA) is 20.2 Å². The zero-order chi connectivity index (χ0) is 12.3. The number of aliphatic hydroxyl groups is 1. The monoisotopic (exact) mass is 338 g/mol. The van der Waals surface area contributed by atoms with Crippen molar-refractivity contribution in [1.29, 1.82) is 0 Å². The molecule has 0 amide bonds. The number of aliphatic hydroxyl groups excluding tert-OH is 1. The molecule has 2 aromatic carbocycles. The van der Waals surface area contributed by atoms with E-state index in [0.717, 1.165) is 21.1 Å². The van der Waals surface area contributed by atoms with Crippen molar-refractivity contribution in [2.45, 2.75) is 19.4 Å². The van der Waals surface area contributed by atoms with E-state index in [9.17, 15) is 5.11 Å². The summed E-state index contributed by atoms with van der Waals surface area (Å²) in [6, 6.07) is 16.1. The van der Waals surface area contributed by atoms with Gasteiger partial charge in [0.15, 0.2) is 0 Å². The minimum absolute atomic E-state index is 0.533. The molecule has 2 heteroatoms. The maximum atomic E-state index is 10.4. The van der Waals surface area contributed by atoms with E-state index in [1.54, 1.807) is 0 Å². The Morgan fingerprint density at radius 3 is 2.59 bits per heavy atom. The molecule has 0 radical (unpaired) electrons. The summed E-state index contributed by atoms with van der Waals surface area (Å²) in [7, 11) is 0. The van der Waals surface area contributed by atoms with Gasteiger partial charge in [0.1, 0.15) is 6.10 Å². The maximum absolute atomic E-state index is 10.4. The molecule has 2 aromatic rings. The maximum Gasteiger partial charge on any atom is 0.105 e. The predicted octanol–water partition coefficient (Wildman–Crippen LogP) is 3.94. The van der Waals surface area contributed by atoms with E-state index >= 15 is 0 Å². The lowest BCUT2D eigenvalue weighted by Gasteiger charge is -2.14. The van der Waals surface area contributed by atoms with Crippen molar-refractivity contribution < 1.29 is 5.11 Å². The third-order valence-corrected chi connectivity index (χ3v) is 3.86. The lowest BCUT2D eigenvalue weighted by Crippen LogP contribution is -2.02. The van der Waals surface area contributed by atoms with Gasteiger partial charge >= 0.3 is 0 Å². The fraction of sp³-hybridized carbons (Fsp3) is 0.200. The Morgan fingerprint density at radius 2 is 1.88 bits per heavy atom. The van der Waals surface area contributed by atoms with Gasteiger partial charge in [0, 0.05) is 3.57 Å². The Kier molecular flexibility index (Phi) is 4.18. The van der Waals surface area contributed by atoms with Crippen LogP contribution in [0.4, 0.5) is 0 Å². The molecule has 1 atom stereocenters. The fourth-order valence-corrected chi connectivity index (χ4v) is 2.54. The van der Waals surface area contributed by atoms with E-state index in [1.807, 2.05) is 36.4 Å². The smallest absolute Gasteiger partial charge is 0.105 e. The highest BCUT2D eigenvalue weighted by Crippen LogP contribution is 2.26. The van der Waals surface area contributed by atoms with Crippen LogP contribution in [0.3, 0.4) is 0 Å². The predicted molar refractivity (Wildman–Crippen MR) is 79.0 cm³/mol. The van der Waals surface area contributed by atoms with Crippen LogP contribution in [0, 0.1) is 3.57 Å². The van der Waals surface area contributed by atoms with Gasteiger partial charge in [-0.1, -0.05) is 49.4 Å². The van der Waals surface area contributed by atoms with E-state index in [1.165, 1.54) is 5.56 Å². The third kappa shape index (κ3) is 2.87.